The number of carbonyl (C=O) groups excluding carboxylic acids is 1. The first kappa shape index (κ1) is 10.9. The van der Waals surface area contributed by atoms with Crippen molar-refractivity contribution in [2.24, 2.45) is 0 Å². The number of hydrogen-bond donors (Lipinski definition) is 0. The van der Waals surface area contributed by atoms with E-state index >= 15 is 0 Å². The van der Waals surface area contributed by atoms with Gasteiger partial charge in [-0.15, -0.1) is 11.6 Å². The van der Waals surface area contributed by atoms with Crippen molar-refractivity contribution in [2.75, 3.05) is 13.0 Å². The third-order valence-electron chi connectivity index (χ3n) is 2.34. The highest BCUT2D eigenvalue weighted by Crippen LogP contribution is 2.24. The summed E-state index contributed by atoms with van der Waals surface area (Å²) in [6.45, 7) is 0. The van der Waals surface area contributed by atoms with Gasteiger partial charge in [0, 0.05) is 17.1 Å². The molecule has 0 unspecified atom stereocenters. The second kappa shape index (κ2) is 4.49. The molecule has 4 heteroatoms. The van der Waals surface area contributed by atoms with E-state index in [0.29, 0.717) is 16.8 Å². The predicted octanol–water partition coefficient (Wildman–Crippen LogP) is 2.66. The number of pyridine rings is 1. The van der Waals surface area contributed by atoms with Crippen LogP contribution >= 0.6 is 11.6 Å². The molecule has 0 aliphatic heterocycles. The number of nitrogens with zero attached hydrogens (tertiary/aromatic N) is 1. The average Bonchev–Trinajstić information content (AvgIpc) is 2.36. The molecule has 0 fully saturated rings. The molecule has 0 saturated heterocycles. The molecule has 0 aliphatic carbocycles. The summed E-state index contributed by atoms with van der Waals surface area (Å²) in [5.74, 6) is 0.428. The number of carbonyl (C=O) groups is 1. The summed E-state index contributed by atoms with van der Waals surface area (Å²) in [5, 5.41) is 0.871. The summed E-state index contributed by atoms with van der Waals surface area (Å²) in [4.78, 5) is 15.9. The number of ketones is 1. The van der Waals surface area contributed by atoms with Crippen LogP contribution in [0.2, 0.25) is 0 Å². The maximum Gasteiger partial charge on any atom is 0.179 e. The van der Waals surface area contributed by atoms with Gasteiger partial charge in [0.05, 0.1) is 18.5 Å². The lowest BCUT2D eigenvalue weighted by Crippen LogP contribution is -2.03. The number of rotatable bonds is 3. The number of hydrogen-bond acceptors (Lipinski definition) is 3. The van der Waals surface area contributed by atoms with Gasteiger partial charge in [0.25, 0.3) is 0 Å². The predicted molar refractivity (Wildman–Crippen MR) is 63.3 cm³/mol. The van der Waals surface area contributed by atoms with E-state index in [4.69, 9.17) is 16.3 Å². The first-order valence-electron chi connectivity index (χ1n) is 4.78. The molecule has 1 heterocycles. The first-order valence-corrected chi connectivity index (χ1v) is 5.31. The van der Waals surface area contributed by atoms with E-state index in [1.807, 2.05) is 18.2 Å². The largest absolute Gasteiger partial charge is 0.497 e. The molecule has 0 N–H and O–H groups in total. The van der Waals surface area contributed by atoms with E-state index in [0.717, 1.165) is 5.39 Å². The topological polar surface area (TPSA) is 39.2 Å². The molecular formula is C12H10ClNO2. The summed E-state index contributed by atoms with van der Waals surface area (Å²) < 4.78 is 5.13. The van der Waals surface area contributed by atoms with Gasteiger partial charge in [-0.25, -0.2) is 0 Å². The van der Waals surface area contributed by atoms with Crippen LogP contribution in [0.25, 0.3) is 10.9 Å². The van der Waals surface area contributed by atoms with Crippen LogP contribution in [-0.4, -0.2) is 23.8 Å². The van der Waals surface area contributed by atoms with Crippen molar-refractivity contribution >= 4 is 28.3 Å². The molecule has 3 nitrogen and oxygen atoms in total. The van der Waals surface area contributed by atoms with Gasteiger partial charge in [-0.05, 0) is 18.2 Å². The van der Waals surface area contributed by atoms with Gasteiger partial charge in [0.15, 0.2) is 5.78 Å². The Bertz CT molecular complexity index is 540. The van der Waals surface area contributed by atoms with E-state index in [9.17, 15) is 4.79 Å². The molecule has 0 aliphatic rings. The van der Waals surface area contributed by atoms with Crippen LogP contribution in [0.4, 0.5) is 0 Å². The van der Waals surface area contributed by atoms with Crippen molar-refractivity contribution in [1.29, 1.82) is 0 Å². The number of Topliss-reactive ketones (excluding diaryl/α,β-unsaturated/α-hetero) is 1. The van der Waals surface area contributed by atoms with Gasteiger partial charge < -0.3 is 4.74 Å². The van der Waals surface area contributed by atoms with Crippen molar-refractivity contribution in [3.63, 3.8) is 0 Å². The van der Waals surface area contributed by atoms with E-state index < -0.39 is 0 Å². The quantitative estimate of drug-likeness (QED) is 0.607. The number of ether oxygens (including phenoxy) is 1. The number of alkyl halides is 1. The maximum atomic E-state index is 11.7. The van der Waals surface area contributed by atoms with Gasteiger partial charge in [-0.2, -0.15) is 0 Å². The van der Waals surface area contributed by atoms with Gasteiger partial charge in [0.1, 0.15) is 5.75 Å². The monoisotopic (exact) mass is 235 g/mol. The zero-order chi connectivity index (χ0) is 11.5. The lowest BCUT2D eigenvalue weighted by Gasteiger charge is -2.06. The molecule has 0 spiro atoms. The molecule has 2 aromatic rings. The van der Waals surface area contributed by atoms with Crippen LogP contribution < -0.4 is 4.74 Å². The number of fused-ring (bicyclic) bond motifs is 1. The van der Waals surface area contributed by atoms with E-state index in [1.54, 1.807) is 19.4 Å². The molecule has 16 heavy (non-hydrogen) atoms. The van der Waals surface area contributed by atoms with Crippen LogP contribution in [0, 0.1) is 0 Å². The summed E-state index contributed by atoms with van der Waals surface area (Å²) in [7, 11) is 1.56. The average molecular weight is 236 g/mol. The maximum absolute atomic E-state index is 11.7. The highest BCUT2D eigenvalue weighted by molar-refractivity contribution is 6.31. The zero-order valence-corrected chi connectivity index (χ0v) is 9.49. The Morgan fingerprint density at radius 2 is 2.31 bits per heavy atom. The number of halogens is 1. The van der Waals surface area contributed by atoms with Gasteiger partial charge in [0.2, 0.25) is 0 Å². The zero-order valence-electron chi connectivity index (χ0n) is 8.74. The van der Waals surface area contributed by atoms with Crippen molar-refractivity contribution < 1.29 is 9.53 Å². The minimum Gasteiger partial charge on any atom is -0.497 e. The second-order valence-corrected chi connectivity index (χ2v) is 3.57. The fraction of sp³-hybridized carbons (Fsp3) is 0.167. The van der Waals surface area contributed by atoms with E-state index in [2.05, 4.69) is 4.98 Å². The van der Waals surface area contributed by atoms with E-state index in [1.165, 1.54) is 0 Å². The smallest absolute Gasteiger partial charge is 0.179 e. The Balaban J connectivity index is 2.73. The van der Waals surface area contributed by atoms with Crippen molar-refractivity contribution in [1.82, 2.24) is 4.98 Å². The summed E-state index contributed by atoms with van der Waals surface area (Å²) in [6, 6.07) is 7.21. The summed E-state index contributed by atoms with van der Waals surface area (Å²) >= 11 is 5.56. The number of benzene rings is 1. The van der Waals surface area contributed by atoms with Crippen LogP contribution in [-0.2, 0) is 0 Å². The number of aromatic nitrogens is 1. The van der Waals surface area contributed by atoms with Crippen LogP contribution in [0.15, 0.2) is 30.5 Å². The SMILES string of the molecule is COc1cc(C(=O)CCl)c2ncccc2c1. The van der Waals surface area contributed by atoms with Crippen LogP contribution in [0.5, 0.6) is 5.75 Å². The highest BCUT2D eigenvalue weighted by atomic mass is 35.5. The summed E-state index contributed by atoms with van der Waals surface area (Å²) in [5.41, 5.74) is 1.17. The second-order valence-electron chi connectivity index (χ2n) is 3.31. The standard InChI is InChI=1S/C12H10ClNO2/c1-16-9-5-8-3-2-4-14-12(8)10(6-9)11(15)7-13/h2-6H,7H2,1H3. The van der Waals surface area contributed by atoms with Gasteiger partial charge >= 0.3 is 0 Å². The molecular weight excluding hydrogens is 226 g/mol. The number of methoxy groups -OCH3 is 1. The van der Waals surface area contributed by atoms with Crippen molar-refractivity contribution in [3.8, 4) is 5.75 Å². The minimum absolute atomic E-state index is 0.0567. The minimum atomic E-state index is -0.149. The molecule has 1 aromatic carbocycles. The lowest BCUT2D eigenvalue weighted by atomic mass is 10.1. The summed E-state index contributed by atoms with van der Waals surface area (Å²) in [6.07, 6.45) is 1.65. The van der Waals surface area contributed by atoms with Crippen molar-refractivity contribution in [2.45, 2.75) is 0 Å². The molecule has 0 bridgehead atoms. The molecule has 0 amide bonds. The third-order valence-corrected chi connectivity index (χ3v) is 2.58. The Hall–Kier alpha value is -1.61. The molecule has 0 saturated carbocycles. The fourth-order valence-corrected chi connectivity index (χ4v) is 1.71. The molecule has 82 valence electrons. The third kappa shape index (κ3) is 1.86. The molecule has 2 rings (SSSR count). The van der Waals surface area contributed by atoms with Gasteiger partial charge in [-0.3, -0.25) is 9.78 Å². The van der Waals surface area contributed by atoms with Gasteiger partial charge in [-0.1, -0.05) is 6.07 Å². The Labute approximate surface area is 98.0 Å². The first-order chi connectivity index (χ1) is 7.76. The Morgan fingerprint density at radius 1 is 1.50 bits per heavy atom. The fourth-order valence-electron chi connectivity index (χ4n) is 1.57. The highest BCUT2D eigenvalue weighted by Gasteiger charge is 2.12. The molecule has 1 aromatic heterocycles. The normalized spacial score (nSPS) is 10.4. The van der Waals surface area contributed by atoms with Crippen molar-refractivity contribution in [3.05, 3.63) is 36.0 Å². The Morgan fingerprint density at radius 3 is 3.00 bits per heavy atom. The van der Waals surface area contributed by atoms with E-state index in [-0.39, 0.29) is 11.7 Å². The van der Waals surface area contributed by atoms with Crippen LogP contribution in [0.1, 0.15) is 10.4 Å². The molecule has 0 radical (unpaired) electrons. The van der Waals surface area contributed by atoms with Crippen LogP contribution in [0.3, 0.4) is 0 Å². The molecule has 0 atom stereocenters. The lowest BCUT2D eigenvalue weighted by molar-refractivity contribution is 0.102. The Kier molecular flexibility index (Phi) is 3.06.